The minimum atomic E-state index is -0.350. The fraction of sp³-hybridized carbons (Fsp3) is 0.333. The molecule has 1 rings (SSSR count). The Balaban J connectivity index is 2.11. The Labute approximate surface area is 100 Å². The molecule has 0 fully saturated rings. The summed E-state index contributed by atoms with van der Waals surface area (Å²) in [6, 6.07) is 9.40. The largest absolute Gasteiger partial charge is 0.370 e. The topological polar surface area (TPSA) is 84.2 Å². The molecule has 3 amide bonds. The van der Waals surface area contributed by atoms with E-state index in [0.717, 1.165) is 5.56 Å². The number of carbonyl (C=O) groups excluding carboxylic acids is 2. The Hall–Kier alpha value is -2.04. The number of primary amides is 1. The van der Waals surface area contributed by atoms with E-state index >= 15 is 0 Å². The third kappa shape index (κ3) is 6.19. The van der Waals surface area contributed by atoms with Crippen LogP contribution in [0.5, 0.6) is 0 Å². The molecule has 0 bridgehead atoms. The van der Waals surface area contributed by atoms with E-state index in [2.05, 4.69) is 10.6 Å². The standard InChI is InChI=1S/C12H17N3O2/c13-11(16)7-4-8-14-12(17)15-9-10-5-2-1-3-6-10/h1-3,5-6H,4,7-9H2,(H2,13,16)(H2,14,15,17). The van der Waals surface area contributed by atoms with Gasteiger partial charge >= 0.3 is 6.03 Å². The molecule has 5 heteroatoms. The van der Waals surface area contributed by atoms with E-state index in [1.807, 2.05) is 30.3 Å². The van der Waals surface area contributed by atoms with Crippen LogP contribution in [0.4, 0.5) is 4.79 Å². The second-order valence-electron chi connectivity index (χ2n) is 3.66. The minimum Gasteiger partial charge on any atom is -0.370 e. The summed E-state index contributed by atoms with van der Waals surface area (Å²) >= 11 is 0. The molecule has 0 aliphatic rings. The maximum absolute atomic E-state index is 11.3. The molecule has 0 saturated carbocycles. The van der Waals surface area contributed by atoms with Gasteiger partial charge in [-0.25, -0.2) is 4.79 Å². The van der Waals surface area contributed by atoms with Crippen molar-refractivity contribution in [1.82, 2.24) is 10.6 Å². The van der Waals surface area contributed by atoms with Gasteiger partial charge in [-0.2, -0.15) is 0 Å². The van der Waals surface area contributed by atoms with Crippen LogP contribution in [0.2, 0.25) is 0 Å². The Bertz CT molecular complexity index is 365. The van der Waals surface area contributed by atoms with Gasteiger partial charge in [0.2, 0.25) is 5.91 Å². The van der Waals surface area contributed by atoms with Crippen molar-refractivity contribution in [2.24, 2.45) is 5.73 Å². The van der Waals surface area contributed by atoms with Crippen LogP contribution in [0.15, 0.2) is 30.3 Å². The molecule has 0 saturated heterocycles. The monoisotopic (exact) mass is 235 g/mol. The van der Waals surface area contributed by atoms with Crippen LogP contribution in [0.3, 0.4) is 0 Å². The van der Waals surface area contributed by atoms with Crippen molar-refractivity contribution in [2.75, 3.05) is 6.54 Å². The van der Waals surface area contributed by atoms with Crippen LogP contribution < -0.4 is 16.4 Å². The summed E-state index contributed by atoms with van der Waals surface area (Å²) in [6.45, 7) is 0.937. The molecule has 0 radical (unpaired) electrons. The number of carbonyl (C=O) groups is 2. The third-order valence-electron chi connectivity index (χ3n) is 2.18. The zero-order valence-corrected chi connectivity index (χ0v) is 9.61. The summed E-state index contributed by atoms with van der Waals surface area (Å²) < 4.78 is 0. The Morgan fingerprint density at radius 3 is 2.47 bits per heavy atom. The molecule has 5 nitrogen and oxygen atoms in total. The number of hydrogen-bond acceptors (Lipinski definition) is 2. The lowest BCUT2D eigenvalue weighted by atomic mass is 10.2. The Kier molecular flexibility index (Phi) is 5.57. The molecule has 1 aromatic carbocycles. The van der Waals surface area contributed by atoms with Gasteiger partial charge in [0.05, 0.1) is 0 Å². The number of nitrogens with two attached hydrogens (primary N) is 1. The normalized spacial score (nSPS) is 9.65. The van der Waals surface area contributed by atoms with Gasteiger partial charge in [0.1, 0.15) is 0 Å². The zero-order chi connectivity index (χ0) is 12.5. The van der Waals surface area contributed by atoms with Gasteiger partial charge < -0.3 is 16.4 Å². The zero-order valence-electron chi connectivity index (χ0n) is 9.61. The molecular weight excluding hydrogens is 218 g/mol. The van der Waals surface area contributed by atoms with Crippen molar-refractivity contribution in [2.45, 2.75) is 19.4 Å². The van der Waals surface area contributed by atoms with Crippen molar-refractivity contribution < 1.29 is 9.59 Å². The lowest BCUT2D eigenvalue weighted by Gasteiger charge is -2.06. The van der Waals surface area contributed by atoms with Crippen molar-refractivity contribution in [3.63, 3.8) is 0 Å². The number of hydrogen-bond donors (Lipinski definition) is 3. The van der Waals surface area contributed by atoms with Crippen LogP contribution >= 0.6 is 0 Å². The number of urea groups is 1. The first kappa shape index (κ1) is 13.0. The van der Waals surface area contributed by atoms with Crippen LogP contribution in [-0.2, 0) is 11.3 Å². The first-order valence-corrected chi connectivity index (χ1v) is 5.52. The Morgan fingerprint density at radius 2 is 1.82 bits per heavy atom. The first-order valence-electron chi connectivity index (χ1n) is 5.52. The van der Waals surface area contributed by atoms with Crippen molar-refractivity contribution >= 4 is 11.9 Å². The van der Waals surface area contributed by atoms with Crippen LogP contribution in [0.25, 0.3) is 0 Å². The molecule has 4 N–H and O–H groups in total. The first-order chi connectivity index (χ1) is 8.18. The molecular formula is C12H17N3O2. The van der Waals surface area contributed by atoms with E-state index in [-0.39, 0.29) is 11.9 Å². The minimum absolute atomic E-state index is 0.238. The molecule has 92 valence electrons. The highest BCUT2D eigenvalue weighted by Gasteiger charge is 2.00. The van der Waals surface area contributed by atoms with E-state index in [0.29, 0.717) is 25.9 Å². The predicted molar refractivity (Wildman–Crippen MR) is 65.1 cm³/mol. The lowest BCUT2D eigenvalue weighted by Crippen LogP contribution is -2.35. The predicted octanol–water partition coefficient (Wildman–Crippen LogP) is 0.751. The molecule has 0 unspecified atom stereocenters. The number of amides is 3. The molecule has 17 heavy (non-hydrogen) atoms. The van der Waals surface area contributed by atoms with Gasteiger partial charge in [-0.1, -0.05) is 30.3 Å². The van der Waals surface area contributed by atoms with E-state index in [9.17, 15) is 9.59 Å². The van der Waals surface area contributed by atoms with E-state index in [1.54, 1.807) is 0 Å². The van der Waals surface area contributed by atoms with Gasteiger partial charge in [-0.05, 0) is 12.0 Å². The fourth-order valence-corrected chi connectivity index (χ4v) is 1.31. The molecule has 0 spiro atoms. The highest BCUT2D eigenvalue weighted by atomic mass is 16.2. The maximum atomic E-state index is 11.3. The third-order valence-corrected chi connectivity index (χ3v) is 2.18. The Morgan fingerprint density at radius 1 is 1.12 bits per heavy atom. The van der Waals surface area contributed by atoms with Gasteiger partial charge in [-0.15, -0.1) is 0 Å². The summed E-state index contributed by atoms with van der Waals surface area (Å²) in [6.07, 6.45) is 0.854. The van der Waals surface area contributed by atoms with Gasteiger partial charge in [-0.3, -0.25) is 4.79 Å². The quantitative estimate of drug-likeness (QED) is 0.636. The lowest BCUT2D eigenvalue weighted by molar-refractivity contribution is -0.118. The van der Waals surface area contributed by atoms with Crippen LogP contribution in [-0.4, -0.2) is 18.5 Å². The maximum Gasteiger partial charge on any atom is 0.315 e. The summed E-state index contributed by atoms with van der Waals surface area (Å²) in [4.78, 5) is 21.8. The van der Waals surface area contributed by atoms with Gasteiger partial charge in [0, 0.05) is 19.5 Å². The van der Waals surface area contributed by atoms with Gasteiger partial charge in [0.25, 0.3) is 0 Å². The average molecular weight is 235 g/mol. The molecule has 0 aromatic heterocycles. The molecule has 0 aliphatic carbocycles. The highest BCUT2D eigenvalue weighted by molar-refractivity contribution is 5.74. The fourth-order valence-electron chi connectivity index (χ4n) is 1.31. The van der Waals surface area contributed by atoms with E-state index < -0.39 is 0 Å². The number of benzene rings is 1. The average Bonchev–Trinajstić information content (AvgIpc) is 2.33. The van der Waals surface area contributed by atoms with Crippen LogP contribution in [0.1, 0.15) is 18.4 Å². The van der Waals surface area contributed by atoms with Crippen LogP contribution in [0, 0.1) is 0 Å². The highest BCUT2D eigenvalue weighted by Crippen LogP contribution is 1.96. The van der Waals surface area contributed by atoms with Gasteiger partial charge in [0.15, 0.2) is 0 Å². The van der Waals surface area contributed by atoms with E-state index in [1.165, 1.54) is 0 Å². The van der Waals surface area contributed by atoms with Crippen molar-refractivity contribution in [1.29, 1.82) is 0 Å². The molecule has 0 aliphatic heterocycles. The van der Waals surface area contributed by atoms with Crippen molar-refractivity contribution in [3.8, 4) is 0 Å². The van der Waals surface area contributed by atoms with E-state index in [4.69, 9.17) is 5.73 Å². The summed E-state index contributed by atoms with van der Waals surface area (Å²) in [7, 11) is 0. The second kappa shape index (κ2) is 7.27. The number of nitrogens with one attached hydrogen (secondary N) is 2. The summed E-state index contributed by atoms with van der Waals surface area (Å²) in [5, 5.41) is 5.37. The van der Waals surface area contributed by atoms with Crippen molar-refractivity contribution in [3.05, 3.63) is 35.9 Å². The SMILES string of the molecule is NC(=O)CCCNC(=O)NCc1ccccc1. The summed E-state index contributed by atoms with van der Waals surface area (Å²) in [5.74, 6) is -0.350. The summed E-state index contributed by atoms with van der Waals surface area (Å²) in [5.41, 5.74) is 6.02. The molecule has 0 atom stereocenters. The second-order valence-corrected chi connectivity index (χ2v) is 3.66. The molecule has 1 aromatic rings. The number of rotatable bonds is 6. The molecule has 0 heterocycles. The smallest absolute Gasteiger partial charge is 0.315 e.